The van der Waals surface area contributed by atoms with Gasteiger partial charge in [0.1, 0.15) is 5.82 Å². The molecule has 2 nitrogen and oxygen atoms in total. The van der Waals surface area contributed by atoms with Crippen LogP contribution in [0.2, 0.25) is 0 Å². The van der Waals surface area contributed by atoms with Gasteiger partial charge in [0.15, 0.2) is 0 Å². The molecule has 1 saturated carbocycles. The van der Waals surface area contributed by atoms with E-state index in [1.165, 1.54) is 12.1 Å². The Morgan fingerprint density at radius 2 is 2.07 bits per heavy atom. The van der Waals surface area contributed by atoms with Gasteiger partial charge in [-0.2, -0.15) is 0 Å². The van der Waals surface area contributed by atoms with Crippen LogP contribution >= 0.6 is 0 Å². The second-order valence-electron chi connectivity index (χ2n) is 3.74. The van der Waals surface area contributed by atoms with Crippen molar-refractivity contribution < 1.29 is 9.60 Å². The third kappa shape index (κ3) is 1.62. The molecule has 0 heterocycles. The van der Waals surface area contributed by atoms with Gasteiger partial charge in [-0.1, -0.05) is 17.3 Å². The van der Waals surface area contributed by atoms with Gasteiger partial charge in [-0.25, -0.2) is 4.39 Å². The molecule has 2 atom stereocenters. The highest BCUT2D eigenvalue weighted by Crippen LogP contribution is 2.48. The maximum Gasteiger partial charge on any atom is 0.123 e. The Balaban J connectivity index is 2.10. The third-order valence-electron chi connectivity index (χ3n) is 2.78. The summed E-state index contributed by atoms with van der Waals surface area (Å²) in [4.78, 5) is 0. The monoisotopic (exact) mass is 193 g/mol. The second kappa shape index (κ2) is 3.40. The summed E-state index contributed by atoms with van der Waals surface area (Å²) in [5.74, 6) is 0.537. The first-order chi connectivity index (χ1) is 6.72. The minimum Gasteiger partial charge on any atom is -0.411 e. The van der Waals surface area contributed by atoms with Crippen LogP contribution in [0.5, 0.6) is 0 Å². The molecule has 1 aliphatic rings. The van der Waals surface area contributed by atoms with Crippen molar-refractivity contribution in [3.63, 3.8) is 0 Å². The van der Waals surface area contributed by atoms with Gasteiger partial charge >= 0.3 is 0 Å². The summed E-state index contributed by atoms with van der Waals surface area (Å²) in [5, 5.41) is 11.8. The molecule has 74 valence electrons. The number of nitrogens with zero attached hydrogens (tertiary/aromatic N) is 1. The molecule has 0 aliphatic heterocycles. The average molecular weight is 193 g/mol. The van der Waals surface area contributed by atoms with Gasteiger partial charge in [0.05, 0.1) is 5.71 Å². The Hall–Kier alpha value is -1.38. The highest BCUT2D eigenvalue weighted by Gasteiger charge is 2.40. The minimum atomic E-state index is -0.210. The molecule has 0 radical (unpaired) electrons. The first-order valence-electron chi connectivity index (χ1n) is 4.66. The molecule has 2 rings (SSSR count). The van der Waals surface area contributed by atoms with E-state index in [1.807, 2.05) is 6.92 Å². The van der Waals surface area contributed by atoms with Gasteiger partial charge in [0, 0.05) is 5.92 Å². The summed E-state index contributed by atoms with van der Waals surface area (Å²) >= 11 is 0. The Bertz CT molecular complexity index is 358. The molecule has 14 heavy (non-hydrogen) atoms. The van der Waals surface area contributed by atoms with Crippen LogP contribution in [0, 0.1) is 11.7 Å². The van der Waals surface area contributed by atoms with E-state index in [0.717, 1.165) is 17.7 Å². The van der Waals surface area contributed by atoms with Crippen LogP contribution in [0.1, 0.15) is 24.8 Å². The van der Waals surface area contributed by atoms with E-state index in [0.29, 0.717) is 11.8 Å². The molecule has 0 bridgehead atoms. The van der Waals surface area contributed by atoms with Crippen LogP contribution in [0.15, 0.2) is 29.4 Å². The highest BCUT2D eigenvalue weighted by molar-refractivity contribution is 5.87. The van der Waals surface area contributed by atoms with Crippen LogP contribution in [0.4, 0.5) is 4.39 Å². The van der Waals surface area contributed by atoms with E-state index >= 15 is 0 Å². The smallest absolute Gasteiger partial charge is 0.123 e. The number of hydrogen-bond donors (Lipinski definition) is 1. The summed E-state index contributed by atoms with van der Waals surface area (Å²) in [6, 6.07) is 6.53. The summed E-state index contributed by atoms with van der Waals surface area (Å²) < 4.78 is 12.6. The molecule has 0 amide bonds. The van der Waals surface area contributed by atoms with E-state index in [4.69, 9.17) is 5.21 Å². The lowest BCUT2D eigenvalue weighted by Gasteiger charge is -1.98. The normalized spacial score (nSPS) is 26.3. The van der Waals surface area contributed by atoms with Crippen LogP contribution in [0.25, 0.3) is 0 Å². The SMILES string of the molecule is C/C(=N/O)[C@@H]1C[C@@H]1c1ccc(F)cc1. The number of halogens is 1. The maximum absolute atomic E-state index is 12.6. The molecule has 1 aromatic carbocycles. The summed E-state index contributed by atoms with van der Waals surface area (Å²) in [5.41, 5.74) is 1.89. The third-order valence-corrected chi connectivity index (χ3v) is 2.78. The van der Waals surface area contributed by atoms with Crippen LogP contribution in [0.3, 0.4) is 0 Å². The molecule has 1 aliphatic carbocycles. The topological polar surface area (TPSA) is 32.6 Å². The zero-order valence-corrected chi connectivity index (χ0v) is 7.94. The fourth-order valence-electron chi connectivity index (χ4n) is 1.81. The van der Waals surface area contributed by atoms with Gasteiger partial charge in [0.25, 0.3) is 0 Å². The van der Waals surface area contributed by atoms with E-state index in [9.17, 15) is 4.39 Å². The largest absolute Gasteiger partial charge is 0.411 e. The van der Waals surface area contributed by atoms with Crippen molar-refractivity contribution in [3.8, 4) is 0 Å². The fraction of sp³-hybridized carbons (Fsp3) is 0.364. The molecule has 0 unspecified atom stereocenters. The van der Waals surface area contributed by atoms with E-state index in [-0.39, 0.29) is 5.82 Å². The van der Waals surface area contributed by atoms with Crippen LogP contribution in [-0.4, -0.2) is 10.9 Å². The van der Waals surface area contributed by atoms with E-state index < -0.39 is 0 Å². The molecular formula is C11H12FNO. The van der Waals surface area contributed by atoms with Crippen LogP contribution in [-0.2, 0) is 0 Å². The Morgan fingerprint density at radius 3 is 2.64 bits per heavy atom. The molecule has 1 N–H and O–H groups in total. The van der Waals surface area contributed by atoms with Crippen molar-refractivity contribution in [3.05, 3.63) is 35.6 Å². The van der Waals surface area contributed by atoms with Crippen molar-refractivity contribution >= 4 is 5.71 Å². The lowest BCUT2D eigenvalue weighted by molar-refractivity contribution is 0.316. The molecule has 0 aromatic heterocycles. The number of rotatable bonds is 2. The van der Waals surface area contributed by atoms with Gasteiger partial charge in [0.2, 0.25) is 0 Å². The summed E-state index contributed by atoms with van der Waals surface area (Å²) in [6.07, 6.45) is 1.00. The van der Waals surface area contributed by atoms with Crippen molar-refractivity contribution in [1.29, 1.82) is 0 Å². The Morgan fingerprint density at radius 1 is 1.43 bits per heavy atom. The number of oxime groups is 1. The maximum atomic E-state index is 12.6. The molecule has 1 fully saturated rings. The van der Waals surface area contributed by atoms with Crippen LogP contribution < -0.4 is 0 Å². The molecule has 0 saturated heterocycles. The standard InChI is InChI=1S/C11H12FNO/c1-7(13-14)10-6-11(10)8-2-4-9(12)5-3-8/h2-5,10-11,14H,6H2,1H3/b13-7-/t10-,11+/m0/s1. The lowest BCUT2D eigenvalue weighted by Crippen LogP contribution is -1.96. The zero-order valence-electron chi connectivity index (χ0n) is 7.94. The van der Waals surface area contributed by atoms with E-state index in [1.54, 1.807) is 12.1 Å². The zero-order chi connectivity index (χ0) is 10.1. The van der Waals surface area contributed by atoms with Gasteiger partial charge in [-0.3, -0.25) is 0 Å². The first-order valence-corrected chi connectivity index (χ1v) is 4.66. The van der Waals surface area contributed by atoms with Crippen molar-refractivity contribution in [1.82, 2.24) is 0 Å². The molecule has 0 spiro atoms. The van der Waals surface area contributed by atoms with Gasteiger partial charge in [-0.15, -0.1) is 0 Å². The van der Waals surface area contributed by atoms with Crippen molar-refractivity contribution in [2.45, 2.75) is 19.3 Å². The molecule has 1 aromatic rings. The predicted molar refractivity (Wildman–Crippen MR) is 52.1 cm³/mol. The minimum absolute atomic E-state index is 0.210. The van der Waals surface area contributed by atoms with Gasteiger partial charge in [-0.05, 0) is 37.0 Å². The fourth-order valence-corrected chi connectivity index (χ4v) is 1.81. The average Bonchev–Trinajstić information content (AvgIpc) is 2.98. The van der Waals surface area contributed by atoms with Crippen molar-refractivity contribution in [2.75, 3.05) is 0 Å². The molecular weight excluding hydrogens is 181 g/mol. The quantitative estimate of drug-likeness (QED) is 0.437. The second-order valence-corrected chi connectivity index (χ2v) is 3.74. The summed E-state index contributed by atoms with van der Waals surface area (Å²) in [6.45, 7) is 1.81. The highest BCUT2D eigenvalue weighted by atomic mass is 19.1. The summed E-state index contributed by atoms with van der Waals surface area (Å²) in [7, 11) is 0. The van der Waals surface area contributed by atoms with E-state index in [2.05, 4.69) is 5.16 Å². The number of hydrogen-bond acceptors (Lipinski definition) is 2. The lowest BCUT2D eigenvalue weighted by atomic mass is 10.1. The first kappa shape index (κ1) is 9.19. The van der Waals surface area contributed by atoms with Gasteiger partial charge < -0.3 is 5.21 Å². The molecule has 3 heteroatoms. The van der Waals surface area contributed by atoms with Crippen molar-refractivity contribution in [2.24, 2.45) is 11.1 Å². The Kier molecular flexibility index (Phi) is 2.23. The predicted octanol–water partition coefficient (Wildman–Crippen LogP) is 2.78. The number of benzene rings is 1. The Labute approximate surface area is 82.1 Å².